The topological polar surface area (TPSA) is 56.6 Å². The molecule has 164 valence electrons. The van der Waals surface area contributed by atoms with E-state index in [1.807, 2.05) is 51.1 Å². The summed E-state index contributed by atoms with van der Waals surface area (Å²) in [5.74, 6) is 0.258. The van der Waals surface area contributed by atoms with Gasteiger partial charge in [0.1, 0.15) is 5.60 Å². The van der Waals surface area contributed by atoms with Gasteiger partial charge in [0.25, 0.3) is 6.01 Å². The first kappa shape index (κ1) is 21.7. The Kier molecular flexibility index (Phi) is 6.23. The standard InChI is InChI=1S/C24H28BrN3O3/c1-24(2,3)31-23(29)27-13-12-18(14-27)16-30-22-26-20-6-4-5-7-21(20)28(22)15-17-8-10-19(25)11-9-17/h4-11,18H,12-16H2,1-3H3. The molecule has 1 aromatic heterocycles. The number of hydrogen-bond donors (Lipinski definition) is 0. The van der Waals surface area contributed by atoms with Crippen molar-refractivity contribution in [2.24, 2.45) is 5.92 Å². The van der Waals surface area contributed by atoms with E-state index in [0.717, 1.165) is 21.9 Å². The van der Waals surface area contributed by atoms with E-state index in [1.165, 1.54) is 5.56 Å². The highest BCUT2D eigenvalue weighted by molar-refractivity contribution is 9.10. The van der Waals surface area contributed by atoms with E-state index in [0.29, 0.717) is 32.3 Å². The van der Waals surface area contributed by atoms with Crippen molar-refractivity contribution < 1.29 is 14.3 Å². The van der Waals surface area contributed by atoms with Crippen LogP contribution in [0.15, 0.2) is 53.0 Å². The first-order valence-electron chi connectivity index (χ1n) is 10.6. The number of amides is 1. The molecule has 31 heavy (non-hydrogen) atoms. The Morgan fingerprint density at radius 2 is 1.90 bits per heavy atom. The van der Waals surface area contributed by atoms with E-state index < -0.39 is 5.60 Å². The fourth-order valence-electron chi connectivity index (χ4n) is 3.74. The molecule has 0 bridgehead atoms. The molecule has 1 aliphatic heterocycles. The average molecular weight is 486 g/mol. The third-order valence-corrected chi connectivity index (χ3v) is 5.79. The van der Waals surface area contributed by atoms with Gasteiger partial charge in [0, 0.05) is 23.5 Å². The number of hydrogen-bond acceptors (Lipinski definition) is 4. The highest BCUT2D eigenvalue weighted by atomic mass is 79.9. The Morgan fingerprint density at radius 1 is 1.16 bits per heavy atom. The number of imidazole rings is 1. The van der Waals surface area contributed by atoms with Crippen LogP contribution in [0.3, 0.4) is 0 Å². The van der Waals surface area contributed by atoms with Crippen molar-refractivity contribution in [1.82, 2.24) is 14.5 Å². The number of rotatable bonds is 5. The molecule has 7 heteroatoms. The van der Waals surface area contributed by atoms with E-state index in [4.69, 9.17) is 14.5 Å². The van der Waals surface area contributed by atoms with Gasteiger partial charge >= 0.3 is 6.09 Å². The normalized spacial score (nSPS) is 16.6. The van der Waals surface area contributed by atoms with Gasteiger partial charge in [-0.3, -0.25) is 4.57 Å². The molecular weight excluding hydrogens is 458 g/mol. The summed E-state index contributed by atoms with van der Waals surface area (Å²) in [5.41, 5.74) is 2.65. The van der Waals surface area contributed by atoms with E-state index in [2.05, 4.69) is 38.7 Å². The zero-order valence-electron chi connectivity index (χ0n) is 18.2. The third-order valence-electron chi connectivity index (χ3n) is 5.26. The minimum Gasteiger partial charge on any atom is -0.464 e. The molecule has 0 N–H and O–H groups in total. The SMILES string of the molecule is CC(C)(C)OC(=O)N1CCC(COc2nc3ccccc3n2Cc2ccc(Br)cc2)C1. The summed E-state index contributed by atoms with van der Waals surface area (Å²) in [6.07, 6.45) is 0.643. The fourth-order valence-corrected chi connectivity index (χ4v) is 4.01. The van der Waals surface area contributed by atoms with Crippen molar-refractivity contribution in [1.29, 1.82) is 0 Å². The van der Waals surface area contributed by atoms with Gasteiger partial charge in [-0.05, 0) is 57.0 Å². The molecule has 1 unspecified atom stereocenters. The molecule has 0 saturated carbocycles. The molecule has 0 radical (unpaired) electrons. The molecule has 1 atom stereocenters. The number of fused-ring (bicyclic) bond motifs is 1. The maximum Gasteiger partial charge on any atom is 0.410 e. The van der Waals surface area contributed by atoms with Gasteiger partial charge < -0.3 is 14.4 Å². The van der Waals surface area contributed by atoms with Crippen LogP contribution >= 0.6 is 15.9 Å². The van der Waals surface area contributed by atoms with Crippen molar-refractivity contribution in [3.8, 4) is 6.01 Å². The van der Waals surface area contributed by atoms with Gasteiger partial charge in [-0.25, -0.2) is 4.79 Å². The van der Waals surface area contributed by atoms with Crippen molar-refractivity contribution >= 4 is 33.1 Å². The number of aromatic nitrogens is 2. The van der Waals surface area contributed by atoms with E-state index in [-0.39, 0.29) is 12.0 Å². The van der Waals surface area contributed by atoms with Crippen LogP contribution in [0.25, 0.3) is 11.0 Å². The number of benzene rings is 2. The van der Waals surface area contributed by atoms with Gasteiger partial charge in [-0.15, -0.1) is 0 Å². The van der Waals surface area contributed by atoms with Crippen molar-refractivity contribution in [2.45, 2.75) is 39.3 Å². The van der Waals surface area contributed by atoms with Crippen molar-refractivity contribution in [2.75, 3.05) is 19.7 Å². The number of halogens is 1. The Bertz CT molecular complexity index is 1060. The van der Waals surface area contributed by atoms with E-state index in [9.17, 15) is 4.79 Å². The summed E-state index contributed by atoms with van der Waals surface area (Å²) >= 11 is 3.49. The van der Waals surface area contributed by atoms with Crippen molar-refractivity contribution in [3.63, 3.8) is 0 Å². The Labute approximate surface area is 191 Å². The predicted molar refractivity (Wildman–Crippen MR) is 124 cm³/mol. The van der Waals surface area contributed by atoms with Crippen LogP contribution in [0, 0.1) is 5.92 Å². The van der Waals surface area contributed by atoms with Crippen molar-refractivity contribution in [3.05, 3.63) is 58.6 Å². The van der Waals surface area contributed by atoms with Crippen LogP contribution in [-0.2, 0) is 11.3 Å². The lowest BCUT2D eigenvalue weighted by Crippen LogP contribution is -2.35. The van der Waals surface area contributed by atoms with Gasteiger partial charge in [-0.2, -0.15) is 4.98 Å². The maximum absolute atomic E-state index is 12.3. The van der Waals surface area contributed by atoms with Gasteiger partial charge in [-0.1, -0.05) is 40.2 Å². The minimum absolute atomic E-state index is 0.252. The number of ether oxygens (including phenoxy) is 2. The lowest BCUT2D eigenvalue weighted by molar-refractivity contribution is 0.0284. The molecule has 1 aliphatic rings. The number of likely N-dealkylation sites (tertiary alicyclic amines) is 1. The molecule has 0 spiro atoms. The molecule has 4 rings (SSSR count). The summed E-state index contributed by atoms with van der Waals surface area (Å²) in [6.45, 7) is 8.19. The highest BCUT2D eigenvalue weighted by Gasteiger charge is 2.30. The predicted octanol–water partition coefficient (Wildman–Crippen LogP) is 5.48. The first-order valence-corrected chi connectivity index (χ1v) is 11.4. The molecule has 1 fully saturated rings. The van der Waals surface area contributed by atoms with Gasteiger partial charge in [0.05, 0.1) is 24.2 Å². The second-order valence-corrected chi connectivity index (χ2v) is 9.90. The molecule has 3 aromatic rings. The molecule has 2 aromatic carbocycles. The molecule has 1 saturated heterocycles. The number of para-hydroxylation sites is 2. The summed E-state index contributed by atoms with van der Waals surface area (Å²) in [7, 11) is 0. The van der Waals surface area contributed by atoms with E-state index >= 15 is 0 Å². The molecule has 1 amide bonds. The maximum atomic E-state index is 12.3. The second-order valence-electron chi connectivity index (χ2n) is 8.99. The highest BCUT2D eigenvalue weighted by Crippen LogP contribution is 2.25. The van der Waals surface area contributed by atoms with Crippen LogP contribution in [-0.4, -0.2) is 45.8 Å². The zero-order chi connectivity index (χ0) is 22.0. The number of nitrogens with zero attached hydrogens (tertiary/aromatic N) is 3. The first-order chi connectivity index (χ1) is 14.8. The molecule has 6 nitrogen and oxygen atoms in total. The molecule has 2 heterocycles. The average Bonchev–Trinajstić information content (AvgIpc) is 3.32. The van der Waals surface area contributed by atoms with Crippen LogP contribution < -0.4 is 4.74 Å². The van der Waals surface area contributed by atoms with Crippen LogP contribution in [0.1, 0.15) is 32.8 Å². The van der Waals surface area contributed by atoms with Crippen LogP contribution in [0.5, 0.6) is 6.01 Å². The zero-order valence-corrected chi connectivity index (χ0v) is 19.8. The molecule has 0 aliphatic carbocycles. The Hall–Kier alpha value is -2.54. The minimum atomic E-state index is -0.483. The van der Waals surface area contributed by atoms with Gasteiger partial charge in [0.2, 0.25) is 0 Å². The summed E-state index contributed by atoms with van der Waals surface area (Å²) < 4.78 is 14.9. The largest absolute Gasteiger partial charge is 0.464 e. The number of carbonyl (C=O) groups excluding carboxylic acids is 1. The quantitative estimate of drug-likeness (QED) is 0.479. The summed E-state index contributed by atoms with van der Waals surface area (Å²) in [5, 5.41) is 0. The van der Waals surface area contributed by atoms with Crippen LogP contribution in [0.2, 0.25) is 0 Å². The lowest BCUT2D eigenvalue weighted by atomic mass is 10.1. The summed E-state index contributed by atoms with van der Waals surface area (Å²) in [6, 6.07) is 16.9. The summed E-state index contributed by atoms with van der Waals surface area (Å²) in [4.78, 5) is 18.8. The van der Waals surface area contributed by atoms with Crippen LogP contribution in [0.4, 0.5) is 4.79 Å². The second kappa shape index (κ2) is 8.91. The third kappa shape index (κ3) is 5.39. The molecular formula is C24H28BrN3O3. The lowest BCUT2D eigenvalue weighted by Gasteiger charge is -2.24. The Balaban J connectivity index is 1.45. The monoisotopic (exact) mass is 485 g/mol. The van der Waals surface area contributed by atoms with Gasteiger partial charge in [0.15, 0.2) is 0 Å². The number of carbonyl (C=O) groups is 1. The Morgan fingerprint density at radius 3 is 2.65 bits per heavy atom. The fraction of sp³-hybridized carbons (Fsp3) is 0.417. The van der Waals surface area contributed by atoms with E-state index in [1.54, 1.807) is 4.90 Å². The smallest absolute Gasteiger partial charge is 0.410 e.